The molecule has 0 radical (unpaired) electrons. The molecule has 3 nitrogen and oxygen atoms in total. The second kappa shape index (κ2) is 3.80. The molecule has 0 unspecified atom stereocenters. The summed E-state index contributed by atoms with van der Waals surface area (Å²) in [5.74, 6) is 1.47. The van der Waals surface area contributed by atoms with E-state index in [-0.39, 0.29) is 5.92 Å². The van der Waals surface area contributed by atoms with Gasteiger partial charge in [0.2, 0.25) is 0 Å². The topological polar surface area (TPSA) is 45.0 Å². The Labute approximate surface area is 95.0 Å². The van der Waals surface area contributed by atoms with Gasteiger partial charge < -0.3 is 10.1 Å². The van der Waals surface area contributed by atoms with Crippen LogP contribution in [0.25, 0.3) is 0 Å². The second-order valence-electron chi connectivity index (χ2n) is 4.47. The van der Waals surface area contributed by atoms with Crippen molar-refractivity contribution in [3.63, 3.8) is 0 Å². The number of benzene rings is 1. The minimum atomic E-state index is 0.111. The van der Waals surface area contributed by atoms with Crippen molar-refractivity contribution >= 4 is 0 Å². The minimum Gasteiger partial charge on any atom is -0.493 e. The molecule has 1 N–H and O–H groups in total. The van der Waals surface area contributed by atoms with Crippen LogP contribution < -0.4 is 10.1 Å². The Hall–Kier alpha value is -1.53. The highest BCUT2D eigenvalue weighted by Crippen LogP contribution is 2.33. The first kappa shape index (κ1) is 9.68. The molecule has 0 saturated carbocycles. The summed E-state index contributed by atoms with van der Waals surface area (Å²) in [5, 5.41) is 12.4. The van der Waals surface area contributed by atoms with E-state index in [4.69, 9.17) is 10.00 Å². The van der Waals surface area contributed by atoms with Gasteiger partial charge in [0.25, 0.3) is 0 Å². The summed E-state index contributed by atoms with van der Waals surface area (Å²) in [5.41, 5.74) is 2.57. The fourth-order valence-electron chi connectivity index (χ4n) is 2.60. The van der Waals surface area contributed by atoms with Crippen LogP contribution >= 0.6 is 0 Å². The van der Waals surface area contributed by atoms with E-state index in [1.807, 2.05) is 6.07 Å². The van der Waals surface area contributed by atoms with Gasteiger partial charge in [0, 0.05) is 25.4 Å². The number of nitrogens with zero attached hydrogens (tertiary/aromatic N) is 1. The second-order valence-corrected chi connectivity index (χ2v) is 4.47. The number of fused-ring (bicyclic) bond motifs is 1. The molecule has 1 aromatic carbocycles. The van der Waals surface area contributed by atoms with E-state index < -0.39 is 0 Å². The van der Waals surface area contributed by atoms with Crippen molar-refractivity contribution in [2.45, 2.75) is 12.3 Å². The van der Waals surface area contributed by atoms with Gasteiger partial charge in [0.05, 0.1) is 18.6 Å². The maximum absolute atomic E-state index is 9.08. The molecule has 2 aliphatic rings. The molecule has 1 fully saturated rings. The summed E-state index contributed by atoms with van der Waals surface area (Å²) < 4.78 is 5.49. The van der Waals surface area contributed by atoms with Gasteiger partial charge in [-0.3, -0.25) is 0 Å². The third-order valence-corrected chi connectivity index (χ3v) is 3.52. The highest BCUT2D eigenvalue weighted by atomic mass is 16.5. The number of hydrogen-bond acceptors (Lipinski definition) is 3. The first-order chi connectivity index (χ1) is 7.88. The smallest absolute Gasteiger partial charge is 0.122 e. The van der Waals surface area contributed by atoms with Gasteiger partial charge in [-0.2, -0.15) is 5.26 Å². The zero-order valence-corrected chi connectivity index (χ0v) is 9.07. The molecule has 3 rings (SSSR count). The molecule has 3 heteroatoms. The van der Waals surface area contributed by atoms with E-state index >= 15 is 0 Å². The number of nitriles is 1. The monoisotopic (exact) mass is 214 g/mol. The highest BCUT2D eigenvalue weighted by molar-refractivity contribution is 5.41. The van der Waals surface area contributed by atoms with Crippen molar-refractivity contribution in [3.8, 4) is 11.8 Å². The van der Waals surface area contributed by atoms with E-state index in [1.54, 1.807) is 0 Å². The van der Waals surface area contributed by atoms with Crippen molar-refractivity contribution in [1.29, 1.82) is 5.26 Å². The minimum absolute atomic E-state index is 0.111. The first-order valence-corrected chi connectivity index (χ1v) is 5.74. The van der Waals surface area contributed by atoms with Crippen LogP contribution in [0.4, 0.5) is 0 Å². The van der Waals surface area contributed by atoms with Gasteiger partial charge in [0.15, 0.2) is 0 Å². The fraction of sp³-hybridized carbons (Fsp3) is 0.462. The van der Waals surface area contributed by atoms with Gasteiger partial charge in [-0.05, 0) is 17.2 Å². The number of nitrogens with one attached hydrogen (secondary N) is 1. The molecule has 0 aromatic heterocycles. The Morgan fingerprint density at radius 3 is 3.19 bits per heavy atom. The maximum atomic E-state index is 9.08. The molecule has 2 aliphatic heterocycles. The van der Waals surface area contributed by atoms with E-state index in [1.165, 1.54) is 11.1 Å². The highest BCUT2D eigenvalue weighted by Gasteiger charge is 2.29. The van der Waals surface area contributed by atoms with E-state index in [0.717, 1.165) is 31.9 Å². The van der Waals surface area contributed by atoms with Crippen molar-refractivity contribution in [1.82, 2.24) is 5.32 Å². The molecule has 2 heterocycles. The van der Waals surface area contributed by atoms with Crippen LogP contribution in [0.5, 0.6) is 5.75 Å². The Balaban J connectivity index is 1.92. The van der Waals surface area contributed by atoms with Crippen LogP contribution in [0.3, 0.4) is 0 Å². The third kappa shape index (κ3) is 1.46. The number of ether oxygens (including phenoxy) is 1. The molecule has 0 aliphatic carbocycles. The summed E-state index contributed by atoms with van der Waals surface area (Å²) in [4.78, 5) is 0. The van der Waals surface area contributed by atoms with Gasteiger partial charge >= 0.3 is 0 Å². The van der Waals surface area contributed by atoms with Crippen LogP contribution in [0.2, 0.25) is 0 Å². The average Bonchev–Trinajstić information content (AvgIpc) is 2.96. The summed E-state index contributed by atoms with van der Waals surface area (Å²) in [6, 6.07) is 8.75. The lowest BCUT2D eigenvalue weighted by Crippen LogP contribution is -2.08. The third-order valence-electron chi connectivity index (χ3n) is 3.52. The van der Waals surface area contributed by atoms with Gasteiger partial charge in [-0.1, -0.05) is 12.1 Å². The van der Waals surface area contributed by atoms with Gasteiger partial charge in [0.1, 0.15) is 5.75 Å². The molecular formula is C13H14N2O. The van der Waals surface area contributed by atoms with Gasteiger partial charge in [-0.25, -0.2) is 0 Å². The quantitative estimate of drug-likeness (QED) is 0.769. The van der Waals surface area contributed by atoms with E-state index in [9.17, 15) is 0 Å². The lowest BCUT2D eigenvalue weighted by atomic mass is 9.89. The molecule has 0 spiro atoms. The van der Waals surface area contributed by atoms with Crippen LogP contribution in [-0.4, -0.2) is 19.7 Å². The standard InChI is InChI=1S/C13H14N2O/c14-6-11-7-15-8-12(11)9-1-2-13-10(5-9)3-4-16-13/h1-2,5,11-12,15H,3-4,7-8H2/t11-,12+/m1/s1. The predicted octanol–water partition coefficient (Wildman–Crippen LogP) is 1.45. The molecule has 2 atom stereocenters. The summed E-state index contributed by atoms with van der Waals surface area (Å²) in [6.45, 7) is 2.52. The van der Waals surface area contributed by atoms with Crippen molar-refractivity contribution in [2.24, 2.45) is 5.92 Å². The molecule has 82 valence electrons. The Kier molecular flexibility index (Phi) is 2.30. The summed E-state index contributed by atoms with van der Waals surface area (Å²) >= 11 is 0. The van der Waals surface area contributed by atoms with Crippen molar-refractivity contribution in [3.05, 3.63) is 29.3 Å². The normalized spacial score (nSPS) is 27.2. The molecule has 0 amide bonds. The summed E-state index contributed by atoms with van der Waals surface area (Å²) in [6.07, 6.45) is 1.00. The largest absolute Gasteiger partial charge is 0.493 e. The van der Waals surface area contributed by atoms with E-state index in [2.05, 4.69) is 23.5 Å². The Bertz CT molecular complexity index is 450. The molecule has 1 saturated heterocycles. The fourth-order valence-corrected chi connectivity index (χ4v) is 2.60. The van der Waals surface area contributed by atoms with Crippen molar-refractivity contribution in [2.75, 3.05) is 19.7 Å². The van der Waals surface area contributed by atoms with Crippen molar-refractivity contribution < 1.29 is 4.74 Å². The average molecular weight is 214 g/mol. The lowest BCUT2D eigenvalue weighted by molar-refractivity contribution is 0.357. The van der Waals surface area contributed by atoms with Crippen LogP contribution in [0.1, 0.15) is 17.0 Å². The number of rotatable bonds is 1. The Morgan fingerprint density at radius 2 is 2.31 bits per heavy atom. The zero-order chi connectivity index (χ0) is 11.0. The molecular weight excluding hydrogens is 200 g/mol. The predicted molar refractivity (Wildman–Crippen MR) is 60.4 cm³/mol. The molecule has 16 heavy (non-hydrogen) atoms. The molecule has 0 bridgehead atoms. The SMILES string of the molecule is N#C[C@@H]1CNC[C@H]1c1ccc2c(c1)CCO2. The zero-order valence-electron chi connectivity index (χ0n) is 9.07. The molecule has 1 aromatic rings. The summed E-state index contributed by atoms with van der Waals surface area (Å²) in [7, 11) is 0. The lowest BCUT2D eigenvalue weighted by Gasteiger charge is -2.13. The Morgan fingerprint density at radius 1 is 1.38 bits per heavy atom. The van der Waals surface area contributed by atoms with Crippen LogP contribution in [0.15, 0.2) is 18.2 Å². The van der Waals surface area contributed by atoms with Gasteiger partial charge in [-0.15, -0.1) is 0 Å². The number of hydrogen-bond donors (Lipinski definition) is 1. The first-order valence-electron chi connectivity index (χ1n) is 5.74. The maximum Gasteiger partial charge on any atom is 0.122 e. The van der Waals surface area contributed by atoms with Crippen LogP contribution in [0, 0.1) is 17.2 Å². The van der Waals surface area contributed by atoms with Crippen LogP contribution in [-0.2, 0) is 6.42 Å². The van der Waals surface area contributed by atoms with E-state index in [0.29, 0.717) is 5.92 Å².